The molecule has 2 atom stereocenters. The molecule has 0 bridgehead atoms. The van der Waals surface area contributed by atoms with E-state index < -0.39 is 0 Å². The molecule has 1 saturated heterocycles. The van der Waals surface area contributed by atoms with Gasteiger partial charge in [0.25, 0.3) is 0 Å². The van der Waals surface area contributed by atoms with Crippen LogP contribution in [0.15, 0.2) is 24.3 Å². The first kappa shape index (κ1) is 11.6. The van der Waals surface area contributed by atoms with Crippen molar-refractivity contribution in [3.63, 3.8) is 0 Å². The van der Waals surface area contributed by atoms with Crippen LogP contribution in [0, 0.1) is 11.7 Å². The maximum atomic E-state index is 12.8. The lowest BCUT2D eigenvalue weighted by molar-refractivity contribution is 0.100. The van der Waals surface area contributed by atoms with Crippen molar-refractivity contribution < 1.29 is 9.13 Å². The average molecular weight is 223 g/mol. The van der Waals surface area contributed by atoms with Crippen LogP contribution in [0.5, 0.6) is 0 Å². The number of hydrogen-bond donors (Lipinski definition) is 1. The van der Waals surface area contributed by atoms with Gasteiger partial charge < -0.3 is 4.74 Å². The van der Waals surface area contributed by atoms with Crippen LogP contribution in [0.4, 0.5) is 4.39 Å². The maximum absolute atomic E-state index is 12.8. The van der Waals surface area contributed by atoms with E-state index in [1.807, 2.05) is 0 Å². The molecule has 1 heterocycles. The van der Waals surface area contributed by atoms with E-state index >= 15 is 0 Å². The molecule has 2 rings (SSSR count). The molecule has 0 aromatic heterocycles. The molecule has 0 unspecified atom stereocenters. The van der Waals surface area contributed by atoms with E-state index in [0.717, 1.165) is 18.6 Å². The lowest BCUT2D eigenvalue weighted by Crippen LogP contribution is -2.27. The molecule has 2 nitrogen and oxygen atoms in total. The molecule has 0 spiro atoms. The summed E-state index contributed by atoms with van der Waals surface area (Å²) in [6.07, 6.45) is 1.03. The predicted molar refractivity (Wildman–Crippen MR) is 61.5 cm³/mol. The van der Waals surface area contributed by atoms with Crippen molar-refractivity contribution >= 4 is 0 Å². The molecule has 1 N–H and O–H groups in total. The highest BCUT2D eigenvalue weighted by Gasteiger charge is 2.25. The van der Waals surface area contributed by atoms with Crippen molar-refractivity contribution in [2.75, 3.05) is 6.61 Å². The average Bonchev–Trinajstić information content (AvgIpc) is 2.66. The fourth-order valence-corrected chi connectivity index (χ4v) is 2.06. The minimum atomic E-state index is -0.208. The van der Waals surface area contributed by atoms with E-state index in [9.17, 15) is 4.39 Å². The number of benzene rings is 1. The summed E-state index contributed by atoms with van der Waals surface area (Å²) in [5.74, 6) is 0.452. The van der Waals surface area contributed by atoms with E-state index in [4.69, 9.17) is 4.74 Å². The van der Waals surface area contributed by atoms with E-state index in [0.29, 0.717) is 12.0 Å². The van der Waals surface area contributed by atoms with Crippen molar-refractivity contribution in [1.29, 1.82) is 0 Å². The van der Waals surface area contributed by atoms with Crippen molar-refractivity contribution in [2.45, 2.75) is 32.5 Å². The molecule has 0 saturated carbocycles. The minimum absolute atomic E-state index is 0.0793. The molecule has 88 valence electrons. The first-order valence-corrected chi connectivity index (χ1v) is 5.78. The summed E-state index contributed by atoms with van der Waals surface area (Å²) in [5, 5.41) is 3.41. The summed E-state index contributed by atoms with van der Waals surface area (Å²) in [5.41, 5.74) is 0.993. The van der Waals surface area contributed by atoms with Crippen LogP contribution in [0.2, 0.25) is 0 Å². The first-order chi connectivity index (χ1) is 7.65. The predicted octanol–water partition coefficient (Wildman–Crippen LogP) is 2.86. The number of ether oxygens (including phenoxy) is 1. The Balaban J connectivity index is 1.95. The van der Waals surface area contributed by atoms with Gasteiger partial charge in [0.1, 0.15) is 12.0 Å². The minimum Gasteiger partial charge on any atom is -0.357 e. The molecule has 0 radical (unpaired) electrons. The van der Waals surface area contributed by atoms with Gasteiger partial charge in [0.15, 0.2) is 0 Å². The summed E-state index contributed by atoms with van der Waals surface area (Å²) in [6.45, 7) is 5.14. The third kappa shape index (κ3) is 2.80. The monoisotopic (exact) mass is 223 g/mol. The molecule has 1 fully saturated rings. The molecule has 1 aromatic rings. The van der Waals surface area contributed by atoms with Crippen LogP contribution in [0.25, 0.3) is 0 Å². The van der Waals surface area contributed by atoms with Gasteiger partial charge in [-0.1, -0.05) is 26.0 Å². The molecule has 0 amide bonds. The van der Waals surface area contributed by atoms with Gasteiger partial charge in [-0.2, -0.15) is 0 Å². The quantitative estimate of drug-likeness (QED) is 0.850. The Morgan fingerprint density at radius 3 is 2.69 bits per heavy atom. The summed E-state index contributed by atoms with van der Waals surface area (Å²) >= 11 is 0. The van der Waals surface area contributed by atoms with E-state index in [2.05, 4.69) is 19.2 Å². The standard InChI is InChI=1S/C13H18FNO/c1-9(2)7-12-8-16-13(15-12)10-3-5-11(14)6-4-10/h3-6,9,12-13,15H,7-8H2,1-2H3/t12-,13-/m1/s1. The smallest absolute Gasteiger partial charge is 0.134 e. The lowest BCUT2D eigenvalue weighted by Gasteiger charge is -2.13. The zero-order valence-electron chi connectivity index (χ0n) is 9.74. The second-order valence-corrected chi connectivity index (χ2v) is 4.76. The Morgan fingerprint density at radius 2 is 2.06 bits per heavy atom. The van der Waals surface area contributed by atoms with E-state index in [1.165, 1.54) is 12.1 Å². The highest BCUT2D eigenvalue weighted by molar-refractivity contribution is 5.19. The molecule has 0 aliphatic carbocycles. The molecule has 1 aliphatic rings. The van der Waals surface area contributed by atoms with Crippen LogP contribution in [-0.2, 0) is 4.74 Å². The molecular formula is C13H18FNO. The Bertz CT molecular complexity index is 336. The van der Waals surface area contributed by atoms with Gasteiger partial charge in [-0.25, -0.2) is 4.39 Å². The molecule has 1 aliphatic heterocycles. The fraction of sp³-hybridized carbons (Fsp3) is 0.538. The number of rotatable bonds is 3. The second kappa shape index (κ2) is 4.93. The van der Waals surface area contributed by atoms with Gasteiger partial charge in [-0.15, -0.1) is 0 Å². The molecule has 16 heavy (non-hydrogen) atoms. The summed E-state index contributed by atoms with van der Waals surface area (Å²) in [7, 11) is 0. The third-order valence-corrected chi connectivity index (χ3v) is 2.78. The van der Waals surface area contributed by atoms with Crippen molar-refractivity contribution in [3.8, 4) is 0 Å². The first-order valence-electron chi connectivity index (χ1n) is 5.78. The molecular weight excluding hydrogens is 205 g/mol. The van der Waals surface area contributed by atoms with Gasteiger partial charge in [-0.05, 0) is 30.0 Å². The lowest BCUT2D eigenvalue weighted by atomic mass is 10.0. The van der Waals surface area contributed by atoms with Gasteiger partial charge in [0, 0.05) is 6.04 Å². The van der Waals surface area contributed by atoms with Crippen LogP contribution >= 0.6 is 0 Å². The highest BCUT2D eigenvalue weighted by atomic mass is 19.1. The Kier molecular flexibility index (Phi) is 3.56. The van der Waals surface area contributed by atoms with Crippen LogP contribution < -0.4 is 5.32 Å². The number of hydrogen-bond acceptors (Lipinski definition) is 2. The Morgan fingerprint density at radius 1 is 1.38 bits per heavy atom. The Labute approximate surface area is 95.8 Å². The van der Waals surface area contributed by atoms with Gasteiger partial charge in [0.2, 0.25) is 0 Å². The second-order valence-electron chi connectivity index (χ2n) is 4.76. The zero-order chi connectivity index (χ0) is 11.5. The SMILES string of the molecule is CC(C)C[C@@H]1CO[C@H](c2ccc(F)cc2)N1. The largest absolute Gasteiger partial charge is 0.357 e. The molecule has 1 aromatic carbocycles. The fourth-order valence-electron chi connectivity index (χ4n) is 2.06. The summed E-state index contributed by atoms with van der Waals surface area (Å²) < 4.78 is 18.4. The van der Waals surface area contributed by atoms with Crippen LogP contribution in [0.1, 0.15) is 32.1 Å². The Hall–Kier alpha value is -0.930. The van der Waals surface area contributed by atoms with Crippen molar-refractivity contribution in [1.82, 2.24) is 5.32 Å². The normalized spacial score (nSPS) is 25.2. The summed E-state index contributed by atoms with van der Waals surface area (Å²) in [6, 6.07) is 6.89. The topological polar surface area (TPSA) is 21.3 Å². The number of halogens is 1. The van der Waals surface area contributed by atoms with Gasteiger partial charge in [0.05, 0.1) is 6.61 Å². The molecule has 3 heteroatoms. The van der Waals surface area contributed by atoms with Gasteiger partial charge >= 0.3 is 0 Å². The zero-order valence-corrected chi connectivity index (χ0v) is 9.74. The van der Waals surface area contributed by atoms with E-state index in [1.54, 1.807) is 12.1 Å². The van der Waals surface area contributed by atoms with Crippen LogP contribution in [0.3, 0.4) is 0 Å². The van der Waals surface area contributed by atoms with Crippen molar-refractivity contribution in [2.24, 2.45) is 5.92 Å². The summed E-state index contributed by atoms with van der Waals surface area (Å²) in [4.78, 5) is 0. The van der Waals surface area contributed by atoms with Gasteiger partial charge in [-0.3, -0.25) is 5.32 Å². The van der Waals surface area contributed by atoms with Crippen LogP contribution in [-0.4, -0.2) is 12.6 Å². The van der Waals surface area contributed by atoms with Crippen molar-refractivity contribution in [3.05, 3.63) is 35.6 Å². The third-order valence-electron chi connectivity index (χ3n) is 2.78. The van der Waals surface area contributed by atoms with E-state index in [-0.39, 0.29) is 12.0 Å². The maximum Gasteiger partial charge on any atom is 0.134 e. The highest BCUT2D eigenvalue weighted by Crippen LogP contribution is 2.23. The number of nitrogens with one attached hydrogen (secondary N) is 1.